The van der Waals surface area contributed by atoms with Gasteiger partial charge in [-0.15, -0.1) is 0 Å². The molecular weight excluding hydrogens is 361 g/mol. The normalized spacial score (nSPS) is 21.6. The third kappa shape index (κ3) is 2.88. The number of H-pyrrole nitrogens is 1. The number of hydrogen-bond acceptors (Lipinski definition) is 6. The minimum Gasteiger partial charge on any atom is -0.488 e. The molecule has 2 atom stereocenters. The first-order valence-corrected chi connectivity index (χ1v) is 9.63. The van der Waals surface area contributed by atoms with Crippen molar-refractivity contribution >= 4 is 16.7 Å². The Morgan fingerprint density at radius 3 is 2.71 bits per heavy atom. The Morgan fingerprint density at radius 1 is 1.18 bits per heavy atom. The van der Waals surface area contributed by atoms with Crippen LogP contribution in [0.5, 0.6) is 5.75 Å². The Bertz CT molecular complexity index is 1000. The molecule has 0 radical (unpaired) electrons. The van der Waals surface area contributed by atoms with Crippen LogP contribution in [0.15, 0.2) is 24.5 Å². The first-order valence-electron chi connectivity index (χ1n) is 9.63. The Hall–Kier alpha value is -2.74. The zero-order valence-corrected chi connectivity index (χ0v) is 15.9. The zero-order chi connectivity index (χ0) is 19.3. The molecule has 0 saturated carbocycles. The van der Waals surface area contributed by atoms with Crippen LogP contribution in [0.25, 0.3) is 22.3 Å². The lowest BCUT2D eigenvalue weighted by Crippen LogP contribution is -2.46. The van der Waals surface area contributed by atoms with Crippen LogP contribution in [-0.2, 0) is 4.74 Å². The maximum absolute atomic E-state index is 14.3. The average Bonchev–Trinajstić information content (AvgIpc) is 3.19. The summed E-state index contributed by atoms with van der Waals surface area (Å²) in [5, 5.41) is 8.05. The number of benzene rings is 1. The van der Waals surface area contributed by atoms with Crippen molar-refractivity contribution in [2.45, 2.75) is 44.9 Å². The van der Waals surface area contributed by atoms with Gasteiger partial charge < -0.3 is 14.4 Å². The highest BCUT2D eigenvalue weighted by atomic mass is 19.1. The number of halogens is 1. The van der Waals surface area contributed by atoms with Gasteiger partial charge in [0.2, 0.25) is 0 Å². The molecular formula is C20H22FN5O2. The Kier molecular flexibility index (Phi) is 4.16. The lowest BCUT2D eigenvalue weighted by molar-refractivity contribution is 0.0902. The van der Waals surface area contributed by atoms with E-state index >= 15 is 0 Å². The highest BCUT2D eigenvalue weighted by Gasteiger charge is 2.38. The van der Waals surface area contributed by atoms with Gasteiger partial charge >= 0.3 is 0 Å². The molecule has 2 aliphatic heterocycles. The molecule has 1 aromatic carbocycles. The minimum atomic E-state index is -0.412. The molecule has 0 amide bonds. The van der Waals surface area contributed by atoms with Crippen LogP contribution in [0.1, 0.15) is 26.7 Å². The number of rotatable bonds is 4. The summed E-state index contributed by atoms with van der Waals surface area (Å²) in [6.07, 6.45) is 3.68. The van der Waals surface area contributed by atoms with Crippen LogP contribution in [0.2, 0.25) is 0 Å². The summed E-state index contributed by atoms with van der Waals surface area (Å²) >= 11 is 0. The van der Waals surface area contributed by atoms with Crippen molar-refractivity contribution in [3.63, 3.8) is 0 Å². The van der Waals surface area contributed by atoms with E-state index in [4.69, 9.17) is 9.47 Å². The fourth-order valence-corrected chi connectivity index (χ4v) is 4.18. The second-order valence-electron chi connectivity index (χ2n) is 7.66. The van der Waals surface area contributed by atoms with E-state index < -0.39 is 5.82 Å². The number of morpholine rings is 1. The van der Waals surface area contributed by atoms with Gasteiger partial charge in [-0.25, -0.2) is 14.4 Å². The summed E-state index contributed by atoms with van der Waals surface area (Å²) in [5.74, 6) is 0.688. The van der Waals surface area contributed by atoms with Crippen LogP contribution in [-0.4, -0.2) is 51.6 Å². The lowest BCUT2D eigenvalue weighted by Gasteiger charge is -2.35. The molecule has 4 heterocycles. The van der Waals surface area contributed by atoms with Crippen LogP contribution in [0, 0.1) is 5.82 Å². The van der Waals surface area contributed by atoms with Gasteiger partial charge in [0.25, 0.3) is 0 Å². The summed E-state index contributed by atoms with van der Waals surface area (Å²) in [6.45, 7) is 5.20. The topological polar surface area (TPSA) is 76.2 Å². The van der Waals surface area contributed by atoms with Crippen LogP contribution >= 0.6 is 0 Å². The first-order chi connectivity index (χ1) is 13.6. The Morgan fingerprint density at radius 2 is 1.96 bits per heavy atom. The maximum Gasteiger partial charge on any atom is 0.167 e. The first kappa shape index (κ1) is 17.4. The summed E-state index contributed by atoms with van der Waals surface area (Å²) in [5.41, 5.74) is 1.97. The second-order valence-corrected chi connectivity index (χ2v) is 7.66. The van der Waals surface area contributed by atoms with Crippen LogP contribution < -0.4 is 9.64 Å². The largest absolute Gasteiger partial charge is 0.488 e. The van der Waals surface area contributed by atoms with Gasteiger partial charge in [0.1, 0.15) is 17.8 Å². The van der Waals surface area contributed by atoms with Crippen molar-refractivity contribution in [1.29, 1.82) is 0 Å². The zero-order valence-electron chi connectivity index (χ0n) is 15.9. The maximum atomic E-state index is 14.3. The number of fused-ring (bicyclic) bond motifs is 3. The van der Waals surface area contributed by atoms with E-state index in [0.29, 0.717) is 29.0 Å². The van der Waals surface area contributed by atoms with Crippen LogP contribution in [0.4, 0.5) is 10.2 Å². The molecule has 0 aliphatic carbocycles. The van der Waals surface area contributed by atoms with Crippen molar-refractivity contribution in [2.24, 2.45) is 0 Å². The molecule has 2 saturated heterocycles. The smallest absolute Gasteiger partial charge is 0.167 e. The highest BCUT2D eigenvalue weighted by Crippen LogP contribution is 2.35. The standard InChI is InChI=1S/C20H22FN5O2/c1-11(2)28-18-5-14-16(6-15(18)21)24-25-20(14)17-7-19(23-10-22-17)26-12-3-4-13(26)9-27-8-12/h5-7,10-13H,3-4,8-9H2,1-2H3,(H,24,25). The van der Waals surface area contributed by atoms with E-state index in [9.17, 15) is 4.39 Å². The summed E-state index contributed by atoms with van der Waals surface area (Å²) < 4.78 is 25.5. The predicted octanol–water partition coefficient (Wildman–Crippen LogP) is 3.31. The van der Waals surface area contributed by atoms with Gasteiger partial charge in [-0.3, -0.25) is 5.10 Å². The number of hydrogen-bond donors (Lipinski definition) is 1. The highest BCUT2D eigenvalue weighted by molar-refractivity contribution is 5.93. The quantitative estimate of drug-likeness (QED) is 0.745. The Balaban J connectivity index is 1.55. The average molecular weight is 383 g/mol. The van der Waals surface area contributed by atoms with Gasteiger partial charge in [-0.2, -0.15) is 5.10 Å². The van der Waals surface area contributed by atoms with Crippen molar-refractivity contribution in [1.82, 2.24) is 20.2 Å². The number of aromatic nitrogens is 4. The molecule has 2 fully saturated rings. The molecule has 2 aliphatic rings. The summed E-state index contributed by atoms with van der Waals surface area (Å²) in [4.78, 5) is 11.3. The minimum absolute atomic E-state index is 0.121. The number of nitrogens with zero attached hydrogens (tertiary/aromatic N) is 4. The molecule has 2 bridgehead atoms. The van der Waals surface area contributed by atoms with E-state index in [1.807, 2.05) is 19.9 Å². The van der Waals surface area contributed by atoms with E-state index in [2.05, 4.69) is 25.1 Å². The van der Waals surface area contributed by atoms with Gasteiger partial charge in [0, 0.05) is 17.5 Å². The fraction of sp³-hybridized carbons (Fsp3) is 0.450. The van der Waals surface area contributed by atoms with Gasteiger partial charge in [-0.1, -0.05) is 0 Å². The van der Waals surface area contributed by atoms with E-state index in [1.165, 1.54) is 6.07 Å². The molecule has 146 valence electrons. The number of anilines is 1. The molecule has 0 spiro atoms. The second kappa shape index (κ2) is 6.70. The Labute approximate surface area is 161 Å². The molecule has 1 N–H and O–H groups in total. The third-order valence-electron chi connectivity index (χ3n) is 5.38. The number of ether oxygens (including phenoxy) is 2. The lowest BCUT2D eigenvalue weighted by atomic mass is 10.1. The molecule has 28 heavy (non-hydrogen) atoms. The molecule has 2 aromatic heterocycles. The predicted molar refractivity (Wildman–Crippen MR) is 103 cm³/mol. The molecule has 2 unspecified atom stereocenters. The van der Waals surface area contributed by atoms with E-state index in [1.54, 1.807) is 12.4 Å². The molecule has 8 heteroatoms. The third-order valence-corrected chi connectivity index (χ3v) is 5.38. The van der Waals surface area contributed by atoms with Gasteiger partial charge in [-0.05, 0) is 32.8 Å². The molecule has 7 nitrogen and oxygen atoms in total. The van der Waals surface area contributed by atoms with E-state index in [-0.39, 0.29) is 11.9 Å². The van der Waals surface area contributed by atoms with Crippen molar-refractivity contribution < 1.29 is 13.9 Å². The van der Waals surface area contributed by atoms with Crippen molar-refractivity contribution in [2.75, 3.05) is 18.1 Å². The van der Waals surface area contributed by atoms with Crippen molar-refractivity contribution in [3.8, 4) is 17.1 Å². The van der Waals surface area contributed by atoms with E-state index in [0.717, 1.165) is 37.3 Å². The molecule has 5 rings (SSSR count). The molecule has 3 aromatic rings. The van der Waals surface area contributed by atoms with Gasteiger partial charge in [0.05, 0.1) is 42.6 Å². The summed E-state index contributed by atoms with van der Waals surface area (Å²) in [6, 6.07) is 5.77. The number of nitrogens with one attached hydrogen (secondary N) is 1. The number of aromatic amines is 1. The fourth-order valence-electron chi connectivity index (χ4n) is 4.18. The van der Waals surface area contributed by atoms with Gasteiger partial charge in [0.15, 0.2) is 11.6 Å². The van der Waals surface area contributed by atoms with Crippen LogP contribution in [0.3, 0.4) is 0 Å². The monoisotopic (exact) mass is 383 g/mol. The van der Waals surface area contributed by atoms with Crippen molar-refractivity contribution in [3.05, 3.63) is 30.3 Å². The summed E-state index contributed by atoms with van der Waals surface area (Å²) in [7, 11) is 0. The SMILES string of the molecule is CC(C)Oc1cc2c(-c3cc(N4C5CCC4COC5)ncn3)n[nH]c2cc1F.